The maximum atomic E-state index is 12.8. The molecule has 1 aromatic carbocycles. The van der Waals surface area contributed by atoms with E-state index in [4.69, 9.17) is 5.11 Å². The van der Waals surface area contributed by atoms with Crippen LogP contribution in [-0.2, 0) is 5.60 Å². The van der Waals surface area contributed by atoms with Crippen molar-refractivity contribution in [2.45, 2.75) is 25.4 Å². The van der Waals surface area contributed by atoms with Crippen molar-refractivity contribution in [1.29, 1.82) is 0 Å². The molecule has 0 saturated heterocycles. The van der Waals surface area contributed by atoms with Gasteiger partial charge in [0.1, 0.15) is 0 Å². The zero-order chi connectivity index (χ0) is 9.64. The smallest absolute Gasteiger partial charge is 0.165 e. The number of aryl methyl sites for hydroxylation is 1. The summed E-state index contributed by atoms with van der Waals surface area (Å²) < 4.78 is 12.8. The van der Waals surface area contributed by atoms with Crippen LogP contribution in [0.15, 0.2) is 12.1 Å². The monoisotopic (exact) mass is 182 g/mol. The molecule has 0 aliphatic heterocycles. The molecule has 1 aromatic rings. The molecule has 0 heterocycles. The molecule has 70 valence electrons. The lowest BCUT2D eigenvalue weighted by molar-refractivity contribution is 0.150. The molecule has 0 aromatic heterocycles. The predicted octanol–water partition coefficient (Wildman–Crippen LogP) is 1.82. The Labute approximate surface area is 75.6 Å². The van der Waals surface area contributed by atoms with E-state index in [0.29, 0.717) is 24.0 Å². The van der Waals surface area contributed by atoms with Crippen LogP contribution in [0.4, 0.5) is 4.39 Å². The average molecular weight is 182 g/mol. The number of phenolic OH excluding ortho intramolecular Hbond substituents is 1. The van der Waals surface area contributed by atoms with Gasteiger partial charge in [-0.1, -0.05) is 0 Å². The van der Waals surface area contributed by atoms with Gasteiger partial charge in [-0.3, -0.25) is 0 Å². The summed E-state index contributed by atoms with van der Waals surface area (Å²) in [4.78, 5) is 0. The second-order valence-corrected chi connectivity index (χ2v) is 3.65. The van der Waals surface area contributed by atoms with Gasteiger partial charge in [0.2, 0.25) is 0 Å². The molecule has 1 saturated carbocycles. The largest absolute Gasteiger partial charge is 0.505 e. The Morgan fingerprint density at radius 2 is 2.00 bits per heavy atom. The molecule has 3 heteroatoms. The second-order valence-electron chi connectivity index (χ2n) is 3.65. The van der Waals surface area contributed by atoms with Gasteiger partial charge in [0.05, 0.1) is 5.60 Å². The van der Waals surface area contributed by atoms with Crippen molar-refractivity contribution in [2.24, 2.45) is 0 Å². The highest BCUT2D eigenvalue weighted by Gasteiger charge is 2.43. The fourth-order valence-electron chi connectivity index (χ4n) is 1.55. The molecular formula is C10H11FO2. The Morgan fingerprint density at radius 3 is 2.54 bits per heavy atom. The molecule has 2 rings (SSSR count). The fraction of sp³-hybridized carbons (Fsp3) is 0.400. The van der Waals surface area contributed by atoms with Crippen LogP contribution in [0.2, 0.25) is 0 Å². The summed E-state index contributed by atoms with van der Waals surface area (Å²) in [5.74, 6) is -1.02. The topological polar surface area (TPSA) is 40.5 Å². The van der Waals surface area contributed by atoms with Gasteiger partial charge in [0.25, 0.3) is 0 Å². The minimum absolute atomic E-state index is 0.388. The average Bonchev–Trinajstić information content (AvgIpc) is 2.77. The first-order valence-corrected chi connectivity index (χ1v) is 4.25. The van der Waals surface area contributed by atoms with Crippen molar-refractivity contribution >= 4 is 0 Å². The summed E-state index contributed by atoms with van der Waals surface area (Å²) >= 11 is 0. The van der Waals surface area contributed by atoms with Crippen molar-refractivity contribution in [3.05, 3.63) is 29.1 Å². The molecular weight excluding hydrogens is 171 g/mol. The standard InChI is InChI=1S/C10H11FO2/c1-6-4-8(11)9(12)5-7(6)10(13)2-3-10/h4-5,12-13H,2-3H2,1H3. The van der Waals surface area contributed by atoms with E-state index in [1.54, 1.807) is 6.92 Å². The highest BCUT2D eigenvalue weighted by atomic mass is 19.1. The van der Waals surface area contributed by atoms with Crippen molar-refractivity contribution in [1.82, 2.24) is 0 Å². The maximum absolute atomic E-state index is 12.8. The number of phenols is 1. The van der Waals surface area contributed by atoms with Crippen molar-refractivity contribution in [3.63, 3.8) is 0 Å². The molecule has 1 aliphatic rings. The number of rotatable bonds is 1. The van der Waals surface area contributed by atoms with Gasteiger partial charge in [-0.15, -0.1) is 0 Å². The van der Waals surface area contributed by atoms with E-state index in [0.717, 1.165) is 0 Å². The van der Waals surface area contributed by atoms with Crippen LogP contribution >= 0.6 is 0 Å². The van der Waals surface area contributed by atoms with Gasteiger partial charge in [-0.2, -0.15) is 0 Å². The highest BCUT2D eigenvalue weighted by molar-refractivity contribution is 5.41. The first-order chi connectivity index (χ1) is 6.03. The Balaban J connectivity index is 2.52. The number of benzene rings is 1. The minimum Gasteiger partial charge on any atom is -0.505 e. The number of hydrogen-bond donors (Lipinski definition) is 2. The first kappa shape index (κ1) is 8.51. The Bertz CT molecular complexity index is 356. The van der Waals surface area contributed by atoms with Crippen LogP contribution in [-0.4, -0.2) is 10.2 Å². The Kier molecular flexibility index (Phi) is 1.60. The molecule has 0 amide bonds. The van der Waals surface area contributed by atoms with E-state index in [1.807, 2.05) is 0 Å². The summed E-state index contributed by atoms with van der Waals surface area (Å²) in [6.45, 7) is 1.73. The number of halogens is 1. The molecule has 0 bridgehead atoms. The third-order valence-electron chi connectivity index (χ3n) is 2.52. The van der Waals surface area contributed by atoms with E-state index >= 15 is 0 Å². The molecule has 0 atom stereocenters. The van der Waals surface area contributed by atoms with Crippen LogP contribution in [0.3, 0.4) is 0 Å². The van der Waals surface area contributed by atoms with E-state index in [2.05, 4.69) is 0 Å². The molecule has 0 spiro atoms. The van der Waals surface area contributed by atoms with Crippen molar-refractivity contribution in [3.8, 4) is 5.75 Å². The molecule has 0 unspecified atom stereocenters. The van der Waals surface area contributed by atoms with Gasteiger partial charge in [-0.25, -0.2) is 4.39 Å². The number of hydrogen-bond acceptors (Lipinski definition) is 2. The lowest BCUT2D eigenvalue weighted by atomic mass is 10.0. The number of aromatic hydroxyl groups is 1. The third-order valence-corrected chi connectivity index (χ3v) is 2.52. The molecule has 2 N–H and O–H groups in total. The van der Waals surface area contributed by atoms with E-state index < -0.39 is 11.4 Å². The SMILES string of the molecule is Cc1cc(F)c(O)cc1C1(O)CC1. The second kappa shape index (κ2) is 2.45. The molecule has 0 radical (unpaired) electrons. The van der Waals surface area contributed by atoms with Gasteiger partial charge in [0, 0.05) is 0 Å². The van der Waals surface area contributed by atoms with E-state index in [9.17, 15) is 9.50 Å². The fourth-order valence-corrected chi connectivity index (χ4v) is 1.55. The minimum atomic E-state index is -0.810. The van der Waals surface area contributed by atoms with Gasteiger partial charge >= 0.3 is 0 Å². The van der Waals surface area contributed by atoms with Gasteiger partial charge in [-0.05, 0) is 43.0 Å². The van der Waals surface area contributed by atoms with Crippen LogP contribution in [0.25, 0.3) is 0 Å². The maximum Gasteiger partial charge on any atom is 0.165 e. The molecule has 2 nitrogen and oxygen atoms in total. The molecule has 13 heavy (non-hydrogen) atoms. The zero-order valence-electron chi connectivity index (χ0n) is 7.34. The lowest BCUT2D eigenvalue weighted by Crippen LogP contribution is -2.06. The van der Waals surface area contributed by atoms with Crippen LogP contribution in [0.5, 0.6) is 5.75 Å². The van der Waals surface area contributed by atoms with E-state index in [-0.39, 0.29) is 5.75 Å². The summed E-state index contributed by atoms with van der Waals surface area (Å²) in [5.41, 5.74) is 0.525. The predicted molar refractivity (Wildman–Crippen MR) is 45.9 cm³/mol. The summed E-state index contributed by atoms with van der Waals surface area (Å²) in [5, 5.41) is 18.9. The van der Waals surface area contributed by atoms with Crippen molar-refractivity contribution in [2.75, 3.05) is 0 Å². The summed E-state index contributed by atoms with van der Waals surface area (Å²) in [6, 6.07) is 2.57. The quantitative estimate of drug-likeness (QED) is 0.695. The molecule has 1 aliphatic carbocycles. The summed E-state index contributed by atoms with van der Waals surface area (Å²) in [7, 11) is 0. The van der Waals surface area contributed by atoms with Gasteiger partial charge in [0.15, 0.2) is 11.6 Å². The van der Waals surface area contributed by atoms with Crippen LogP contribution in [0.1, 0.15) is 24.0 Å². The first-order valence-electron chi connectivity index (χ1n) is 4.25. The van der Waals surface area contributed by atoms with E-state index in [1.165, 1.54) is 12.1 Å². The number of aliphatic hydroxyl groups is 1. The lowest BCUT2D eigenvalue weighted by Gasteiger charge is -2.12. The Hall–Kier alpha value is -1.09. The highest BCUT2D eigenvalue weighted by Crippen LogP contribution is 2.47. The Morgan fingerprint density at radius 1 is 1.38 bits per heavy atom. The van der Waals surface area contributed by atoms with Crippen molar-refractivity contribution < 1.29 is 14.6 Å². The zero-order valence-corrected chi connectivity index (χ0v) is 7.34. The van der Waals surface area contributed by atoms with Crippen LogP contribution < -0.4 is 0 Å². The van der Waals surface area contributed by atoms with Gasteiger partial charge < -0.3 is 10.2 Å². The van der Waals surface area contributed by atoms with Crippen LogP contribution in [0, 0.1) is 12.7 Å². The normalized spacial score (nSPS) is 18.7. The summed E-state index contributed by atoms with van der Waals surface area (Å²) in [6.07, 6.45) is 1.39. The molecule has 1 fully saturated rings. The third kappa shape index (κ3) is 1.29.